The number of anilines is 2. The van der Waals surface area contributed by atoms with E-state index in [0.717, 1.165) is 5.56 Å². The highest BCUT2D eigenvalue weighted by atomic mass is 35.5. The number of carbonyl (C=O) groups is 2. The molecule has 31 heavy (non-hydrogen) atoms. The first kappa shape index (κ1) is 20.4. The maximum Gasteiger partial charge on any atom is 0.278 e. The normalized spacial score (nSPS) is 10.6. The van der Waals surface area contributed by atoms with Gasteiger partial charge in [0.15, 0.2) is 5.69 Å². The Bertz CT molecular complexity index is 1210. The molecule has 2 aromatic carbocycles. The Kier molecular flexibility index (Phi) is 5.81. The number of amides is 2. The van der Waals surface area contributed by atoms with E-state index in [-0.39, 0.29) is 11.4 Å². The van der Waals surface area contributed by atoms with Crippen LogP contribution in [0.25, 0.3) is 11.3 Å². The summed E-state index contributed by atoms with van der Waals surface area (Å²) in [5.41, 5.74) is 2.74. The summed E-state index contributed by atoms with van der Waals surface area (Å²) in [6, 6.07) is 17.8. The van der Waals surface area contributed by atoms with Crippen molar-refractivity contribution in [3.8, 4) is 11.3 Å². The molecule has 8 nitrogen and oxygen atoms in total. The maximum atomic E-state index is 12.8. The van der Waals surface area contributed by atoms with Crippen LogP contribution in [0.4, 0.5) is 11.4 Å². The number of benzene rings is 2. The molecular formula is C22H19ClN6O2. The number of aromatic nitrogens is 4. The van der Waals surface area contributed by atoms with Gasteiger partial charge < -0.3 is 10.6 Å². The zero-order chi connectivity index (χ0) is 21.8. The molecule has 0 fully saturated rings. The minimum absolute atomic E-state index is 0.122. The summed E-state index contributed by atoms with van der Waals surface area (Å²) in [5, 5.41) is 17.3. The standard InChI is InChI=1S/C22H19ClN6O2/c1-2-29-13-19(20(28-29)22(31)24-16-6-4-3-5-7-16)25-21(30)18-12-17(26-27-18)14-8-10-15(23)11-9-14/h3-13H,2H2,1H3,(H,24,31)(H,25,30)(H,26,27). The van der Waals surface area contributed by atoms with Crippen molar-refractivity contribution in [2.24, 2.45) is 0 Å². The van der Waals surface area contributed by atoms with Gasteiger partial charge in [0.2, 0.25) is 0 Å². The van der Waals surface area contributed by atoms with Gasteiger partial charge in [-0.25, -0.2) is 0 Å². The topological polar surface area (TPSA) is 105 Å². The molecule has 0 saturated heterocycles. The highest BCUT2D eigenvalue weighted by Gasteiger charge is 2.20. The molecule has 4 rings (SSSR count). The summed E-state index contributed by atoms with van der Waals surface area (Å²) < 4.78 is 1.58. The smallest absolute Gasteiger partial charge is 0.278 e. The summed E-state index contributed by atoms with van der Waals surface area (Å²) in [7, 11) is 0. The lowest BCUT2D eigenvalue weighted by Gasteiger charge is -2.05. The summed E-state index contributed by atoms with van der Waals surface area (Å²) in [4.78, 5) is 25.5. The van der Waals surface area contributed by atoms with Gasteiger partial charge in [-0.2, -0.15) is 10.2 Å². The number of halogens is 1. The number of H-pyrrole nitrogens is 1. The van der Waals surface area contributed by atoms with Crippen molar-refractivity contribution in [3.63, 3.8) is 0 Å². The molecule has 2 amide bonds. The fourth-order valence-electron chi connectivity index (χ4n) is 2.95. The van der Waals surface area contributed by atoms with Gasteiger partial charge in [0.25, 0.3) is 11.8 Å². The molecule has 156 valence electrons. The molecule has 9 heteroatoms. The Hall–Kier alpha value is -3.91. The first-order valence-corrected chi connectivity index (χ1v) is 9.98. The Morgan fingerprint density at radius 2 is 1.77 bits per heavy atom. The monoisotopic (exact) mass is 434 g/mol. The van der Waals surface area contributed by atoms with Crippen LogP contribution >= 0.6 is 11.6 Å². The SMILES string of the molecule is CCn1cc(NC(=O)c2cc(-c3ccc(Cl)cc3)n[nH]2)c(C(=O)Nc2ccccc2)n1. The Labute approximate surface area is 183 Å². The fraction of sp³-hybridized carbons (Fsp3) is 0.0909. The molecule has 0 saturated carbocycles. The van der Waals surface area contributed by atoms with Crippen LogP contribution in [0.3, 0.4) is 0 Å². The van der Waals surface area contributed by atoms with Crippen LogP contribution in [0, 0.1) is 0 Å². The van der Waals surface area contributed by atoms with E-state index in [1.807, 2.05) is 37.3 Å². The Balaban J connectivity index is 1.53. The molecule has 4 aromatic rings. The second kappa shape index (κ2) is 8.85. The average Bonchev–Trinajstić information content (AvgIpc) is 3.42. The van der Waals surface area contributed by atoms with E-state index < -0.39 is 11.8 Å². The number of hydrogen-bond acceptors (Lipinski definition) is 4. The molecule has 0 aliphatic carbocycles. The second-order valence-corrected chi connectivity index (χ2v) is 7.13. The molecule has 3 N–H and O–H groups in total. The summed E-state index contributed by atoms with van der Waals surface area (Å²) >= 11 is 5.92. The molecule has 0 aliphatic heterocycles. The van der Waals surface area contributed by atoms with E-state index in [0.29, 0.717) is 28.6 Å². The van der Waals surface area contributed by atoms with E-state index in [1.54, 1.807) is 41.2 Å². The molecule has 0 spiro atoms. The molecule has 0 unspecified atom stereocenters. The zero-order valence-corrected chi connectivity index (χ0v) is 17.3. The molecule has 0 aliphatic rings. The molecule has 2 aromatic heterocycles. The average molecular weight is 435 g/mol. The summed E-state index contributed by atoms with van der Waals surface area (Å²) in [6.07, 6.45) is 1.62. The van der Waals surface area contributed by atoms with Crippen molar-refractivity contribution in [1.29, 1.82) is 0 Å². The lowest BCUT2D eigenvalue weighted by molar-refractivity contribution is 0.102. The number of rotatable bonds is 6. The highest BCUT2D eigenvalue weighted by Crippen LogP contribution is 2.22. The number of hydrogen-bond donors (Lipinski definition) is 3. The fourth-order valence-corrected chi connectivity index (χ4v) is 3.08. The van der Waals surface area contributed by atoms with Crippen LogP contribution in [-0.4, -0.2) is 31.8 Å². The van der Waals surface area contributed by atoms with Gasteiger partial charge in [0.1, 0.15) is 5.69 Å². The predicted molar refractivity (Wildman–Crippen MR) is 119 cm³/mol. The summed E-state index contributed by atoms with van der Waals surface area (Å²) in [6.45, 7) is 2.44. The van der Waals surface area contributed by atoms with Gasteiger partial charge >= 0.3 is 0 Å². The lowest BCUT2D eigenvalue weighted by atomic mass is 10.1. The molecule has 2 heterocycles. The largest absolute Gasteiger partial charge is 0.321 e. The van der Waals surface area contributed by atoms with Crippen molar-refractivity contribution >= 4 is 34.8 Å². The second-order valence-electron chi connectivity index (χ2n) is 6.70. The quantitative estimate of drug-likeness (QED) is 0.417. The predicted octanol–water partition coefficient (Wildman–Crippen LogP) is 4.45. The van der Waals surface area contributed by atoms with Crippen LogP contribution in [0.15, 0.2) is 66.9 Å². The number of nitrogens with zero attached hydrogens (tertiary/aromatic N) is 3. The van der Waals surface area contributed by atoms with E-state index in [9.17, 15) is 9.59 Å². The van der Waals surface area contributed by atoms with Crippen molar-refractivity contribution in [1.82, 2.24) is 20.0 Å². The molecule has 0 atom stereocenters. The first-order chi connectivity index (χ1) is 15.0. The Morgan fingerprint density at radius 3 is 2.48 bits per heavy atom. The third-order valence-corrected chi connectivity index (χ3v) is 4.80. The number of aryl methyl sites for hydroxylation is 1. The molecular weight excluding hydrogens is 416 g/mol. The van der Waals surface area contributed by atoms with E-state index in [1.165, 1.54) is 0 Å². The maximum absolute atomic E-state index is 12.8. The third-order valence-electron chi connectivity index (χ3n) is 4.54. The van der Waals surface area contributed by atoms with E-state index in [2.05, 4.69) is 25.9 Å². The number of nitrogens with one attached hydrogen (secondary N) is 3. The van der Waals surface area contributed by atoms with Crippen molar-refractivity contribution in [2.45, 2.75) is 13.5 Å². The van der Waals surface area contributed by atoms with Crippen LogP contribution < -0.4 is 10.6 Å². The minimum Gasteiger partial charge on any atom is -0.321 e. The highest BCUT2D eigenvalue weighted by molar-refractivity contribution is 6.30. The van der Waals surface area contributed by atoms with Gasteiger partial charge in [-0.1, -0.05) is 41.9 Å². The van der Waals surface area contributed by atoms with Gasteiger partial charge in [-0.05, 0) is 37.3 Å². The number of para-hydroxylation sites is 1. The van der Waals surface area contributed by atoms with Crippen molar-refractivity contribution < 1.29 is 9.59 Å². The van der Waals surface area contributed by atoms with Gasteiger partial charge in [0, 0.05) is 29.0 Å². The van der Waals surface area contributed by atoms with Gasteiger partial charge in [-0.15, -0.1) is 0 Å². The van der Waals surface area contributed by atoms with Crippen LogP contribution in [-0.2, 0) is 6.54 Å². The molecule has 0 radical (unpaired) electrons. The lowest BCUT2D eigenvalue weighted by Crippen LogP contribution is -2.18. The summed E-state index contributed by atoms with van der Waals surface area (Å²) in [5.74, 6) is -0.850. The van der Waals surface area contributed by atoms with E-state index >= 15 is 0 Å². The number of carbonyl (C=O) groups excluding carboxylic acids is 2. The minimum atomic E-state index is -0.433. The van der Waals surface area contributed by atoms with Crippen molar-refractivity contribution in [3.05, 3.63) is 83.3 Å². The number of aromatic amines is 1. The molecule has 0 bridgehead atoms. The zero-order valence-electron chi connectivity index (χ0n) is 16.6. The van der Waals surface area contributed by atoms with Crippen LogP contribution in [0.5, 0.6) is 0 Å². The van der Waals surface area contributed by atoms with Crippen LogP contribution in [0.1, 0.15) is 27.9 Å². The van der Waals surface area contributed by atoms with Gasteiger partial charge in [0.05, 0.1) is 11.4 Å². The third kappa shape index (κ3) is 4.65. The van der Waals surface area contributed by atoms with Gasteiger partial charge in [-0.3, -0.25) is 19.4 Å². The Morgan fingerprint density at radius 1 is 1.03 bits per heavy atom. The van der Waals surface area contributed by atoms with Crippen LogP contribution in [0.2, 0.25) is 5.02 Å². The van der Waals surface area contributed by atoms with Crippen molar-refractivity contribution in [2.75, 3.05) is 10.6 Å². The van der Waals surface area contributed by atoms with E-state index in [4.69, 9.17) is 11.6 Å². The first-order valence-electron chi connectivity index (χ1n) is 9.60.